The van der Waals surface area contributed by atoms with E-state index in [-0.39, 0.29) is 18.7 Å². The number of benzene rings is 1. The highest BCUT2D eigenvalue weighted by molar-refractivity contribution is 6.39. The fraction of sp³-hybridized carbons (Fsp3) is 0.471. The van der Waals surface area contributed by atoms with Gasteiger partial charge >= 0.3 is 17.8 Å². The van der Waals surface area contributed by atoms with Crippen molar-refractivity contribution in [3.05, 3.63) is 18.2 Å². The predicted octanol–water partition coefficient (Wildman–Crippen LogP) is 1.16. The quantitative estimate of drug-likeness (QED) is 0.651. The summed E-state index contributed by atoms with van der Waals surface area (Å²) in [7, 11) is 0. The zero-order valence-corrected chi connectivity index (χ0v) is 13.9. The SMILES string of the molecule is CCOC(=O)C1CCN(C(=O)C(=O)Nc2ccc3c(c2)OCO3)CC1. The summed E-state index contributed by atoms with van der Waals surface area (Å²) in [5.41, 5.74) is 0.462. The zero-order valence-electron chi connectivity index (χ0n) is 13.9. The van der Waals surface area contributed by atoms with Gasteiger partial charge < -0.3 is 24.4 Å². The van der Waals surface area contributed by atoms with Crippen LogP contribution in [0.4, 0.5) is 5.69 Å². The number of carbonyl (C=O) groups excluding carboxylic acids is 3. The minimum atomic E-state index is -0.714. The van der Waals surface area contributed by atoms with Crippen molar-refractivity contribution in [1.29, 1.82) is 0 Å². The molecule has 0 spiro atoms. The normalized spacial score (nSPS) is 16.4. The number of anilines is 1. The smallest absolute Gasteiger partial charge is 0.313 e. The third kappa shape index (κ3) is 3.84. The Labute approximate surface area is 145 Å². The molecule has 134 valence electrons. The fourth-order valence-corrected chi connectivity index (χ4v) is 2.88. The Balaban J connectivity index is 1.53. The summed E-state index contributed by atoms with van der Waals surface area (Å²) in [6.07, 6.45) is 1.00. The number of nitrogens with zero attached hydrogens (tertiary/aromatic N) is 1. The van der Waals surface area contributed by atoms with E-state index >= 15 is 0 Å². The Morgan fingerprint density at radius 2 is 1.92 bits per heavy atom. The van der Waals surface area contributed by atoms with Gasteiger partial charge in [0.25, 0.3) is 0 Å². The van der Waals surface area contributed by atoms with E-state index in [2.05, 4.69) is 5.32 Å². The minimum Gasteiger partial charge on any atom is -0.466 e. The molecule has 25 heavy (non-hydrogen) atoms. The highest BCUT2D eigenvalue weighted by atomic mass is 16.7. The molecule has 0 atom stereocenters. The average molecular weight is 348 g/mol. The van der Waals surface area contributed by atoms with Crippen LogP contribution >= 0.6 is 0 Å². The maximum Gasteiger partial charge on any atom is 0.313 e. The largest absolute Gasteiger partial charge is 0.466 e. The summed E-state index contributed by atoms with van der Waals surface area (Å²) in [5.74, 6) is -0.639. The van der Waals surface area contributed by atoms with Crippen molar-refractivity contribution in [2.75, 3.05) is 31.8 Å². The second-order valence-electron chi connectivity index (χ2n) is 5.84. The van der Waals surface area contributed by atoms with Gasteiger partial charge in [-0.15, -0.1) is 0 Å². The molecule has 1 aromatic carbocycles. The van der Waals surface area contributed by atoms with Gasteiger partial charge in [-0.2, -0.15) is 0 Å². The number of hydrogen-bond donors (Lipinski definition) is 1. The van der Waals surface area contributed by atoms with E-state index < -0.39 is 11.8 Å². The Kier molecular flexibility index (Phi) is 5.06. The van der Waals surface area contributed by atoms with Crippen LogP contribution in [0.5, 0.6) is 11.5 Å². The van der Waals surface area contributed by atoms with E-state index in [1.165, 1.54) is 4.90 Å². The number of esters is 1. The van der Waals surface area contributed by atoms with E-state index in [1.807, 2.05) is 0 Å². The number of likely N-dealkylation sites (tertiary alicyclic amines) is 1. The Hall–Kier alpha value is -2.77. The average Bonchev–Trinajstić information content (AvgIpc) is 3.09. The number of piperidine rings is 1. The molecule has 0 aromatic heterocycles. The van der Waals surface area contributed by atoms with Gasteiger partial charge in [-0.25, -0.2) is 0 Å². The molecule has 2 aliphatic heterocycles. The summed E-state index contributed by atoms with van der Waals surface area (Å²) in [4.78, 5) is 37.6. The molecular formula is C17H20N2O6. The lowest BCUT2D eigenvalue weighted by molar-refractivity contribution is -0.152. The molecule has 0 bridgehead atoms. The molecule has 3 rings (SSSR count). The summed E-state index contributed by atoms with van der Waals surface area (Å²) in [6.45, 7) is 2.96. The molecule has 0 radical (unpaired) electrons. The van der Waals surface area contributed by atoms with Gasteiger partial charge in [0, 0.05) is 24.8 Å². The van der Waals surface area contributed by atoms with Crippen LogP contribution in [0.15, 0.2) is 18.2 Å². The molecule has 0 saturated carbocycles. The highest BCUT2D eigenvalue weighted by Gasteiger charge is 2.31. The number of ether oxygens (including phenoxy) is 3. The van der Waals surface area contributed by atoms with Gasteiger partial charge in [0.05, 0.1) is 12.5 Å². The molecule has 0 aliphatic carbocycles. The van der Waals surface area contributed by atoms with Crippen molar-refractivity contribution in [2.24, 2.45) is 5.92 Å². The van der Waals surface area contributed by atoms with Crippen LogP contribution in [-0.2, 0) is 19.1 Å². The minimum absolute atomic E-state index is 0.140. The molecule has 1 fully saturated rings. The Morgan fingerprint density at radius 1 is 1.20 bits per heavy atom. The summed E-state index contributed by atoms with van der Waals surface area (Å²) in [6, 6.07) is 4.93. The summed E-state index contributed by atoms with van der Waals surface area (Å²) >= 11 is 0. The van der Waals surface area contributed by atoms with Crippen molar-refractivity contribution in [2.45, 2.75) is 19.8 Å². The van der Waals surface area contributed by atoms with E-state index in [0.29, 0.717) is 49.7 Å². The number of rotatable bonds is 3. The van der Waals surface area contributed by atoms with Gasteiger partial charge in [-0.3, -0.25) is 14.4 Å². The second-order valence-corrected chi connectivity index (χ2v) is 5.84. The van der Waals surface area contributed by atoms with Gasteiger partial charge in [-0.1, -0.05) is 0 Å². The van der Waals surface area contributed by atoms with Crippen LogP contribution in [0.3, 0.4) is 0 Å². The number of fused-ring (bicyclic) bond motifs is 1. The van der Waals surface area contributed by atoms with E-state index in [0.717, 1.165) is 0 Å². The fourth-order valence-electron chi connectivity index (χ4n) is 2.88. The Bertz CT molecular complexity index is 682. The predicted molar refractivity (Wildman–Crippen MR) is 87.1 cm³/mol. The number of amides is 2. The summed E-state index contributed by atoms with van der Waals surface area (Å²) < 4.78 is 15.4. The van der Waals surface area contributed by atoms with Crippen molar-refractivity contribution >= 4 is 23.5 Å². The lowest BCUT2D eigenvalue weighted by Gasteiger charge is -2.30. The highest BCUT2D eigenvalue weighted by Crippen LogP contribution is 2.34. The maximum absolute atomic E-state index is 12.3. The summed E-state index contributed by atoms with van der Waals surface area (Å²) in [5, 5.41) is 2.57. The first-order valence-electron chi connectivity index (χ1n) is 8.25. The van der Waals surface area contributed by atoms with Gasteiger partial charge in [0.2, 0.25) is 6.79 Å². The van der Waals surface area contributed by atoms with E-state index in [4.69, 9.17) is 14.2 Å². The molecule has 2 heterocycles. The molecule has 1 N–H and O–H groups in total. The third-order valence-electron chi connectivity index (χ3n) is 4.23. The molecule has 8 heteroatoms. The molecular weight excluding hydrogens is 328 g/mol. The lowest BCUT2D eigenvalue weighted by atomic mass is 9.97. The molecule has 0 unspecified atom stereocenters. The van der Waals surface area contributed by atoms with Gasteiger partial charge in [-0.05, 0) is 31.9 Å². The molecule has 1 saturated heterocycles. The molecule has 1 aromatic rings. The van der Waals surface area contributed by atoms with E-state index in [9.17, 15) is 14.4 Å². The molecule has 8 nitrogen and oxygen atoms in total. The van der Waals surface area contributed by atoms with Crippen molar-refractivity contribution in [3.8, 4) is 11.5 Å². The van der Waals surface area contributed by atoms with Crippen molar-refractivity contribution in [1.82, 2.24) is 4.90 Å². The lowest BCUT2D eigenvalue weighted by Crippen LogP contribution is -2.45. The first-order chi connectivity index (χ1) is 12.1. The van der Waals surface area contributed by atoms with E-state index in [1.54, 1.807) is 25.1 Å². The van der Waals surface area contributed by atoms with Crippen molar-refractivity contribution in [3.63, 3.8) is 0 Å². The Morgan fingerprint density at radius 3 is 2.64 bits per heavy atom. The molecule has 2 amide bonds. The third-order valence-corrected chi connectivity index (χ3v) is 4.23. The maximum atomic E-state index is 12.3. The second kappa shape index (κ2) is 7.42. The van der Waals surface area contributed by atoms with Crippen LogP contribution in [-0.4, -0.2) is 49.2 Å². The van der Waals surface area contributed by atoms with Crippen LogP contribution in [0.2, 0.25) is 0 Å². The monoisotopic (exact) mass is 348 g/mol. The molecule has 2 aliphatic rings. The van der Waals surface area contributed by atoms with Crippen LogP contribution in [0.25, 0.3) is 0 Å². The topological polar surface area (TPSA) is 94.2 Å². The van der Waals surface area contributed by atoms with Crippen molar-refractivity contribution < 1.29 is 28.6 Å². The van der Waals surface area contributed by atoms with Gasteiger partial charge in [0.1, 0.15) is 0 Å². The van der Waals surface area contributed by atoms with Crippen LogP contribution in [0, 0.1) is 5.92 Å². The van der Waals surface area contributed by atoms with Gasteiger partial charge in [0.15, 0.2) is 11.5 Å². The standard InChI is InChI=1S/C17H20N2O6/c1-2-23-17(22)11-5-7-19(8-6-11)16(21)15(20)18-12-3-4-13-14(9-12)25-10-24-13/h3-4,9,11H,2,5-8,10H2,1H3,(H,18,20). The zero-order chi connectivity index (χ0) is 17.8. The number of hydrogen-bond acceptors (Lipinski definition) is 6. The number of carbonyl (C=O) groups is 3. The first kappa shape index (κ1) is 17.1. The number of nitrogens with one attached hydrogen (secondary N) is 1. The first-order valence-corrected chi connectivity index (χ1v) is 8.25. The van der Waals surface area contributed by atoms with Crippen LogP contribution < -0.4 is 14.8 Å². The van der Waals surface area contributed by atoms with Crippen LogP contribution in [0.1, 0.15) is 19.8 Å².